The molecule has 1 atom stereocenters. The van der Waals surface area contributed by atoms with Crippen LogP contribution in [0.1, 0.15) is 33.2 Å². The Bertz CT molecular complexity index is 1100. The SMILES string of the molecule is COc1ccc([C@H](Cc2c(Cl)cncc2Cl)OC(=O)Cc2cccc(C=O)c2)cc1OC. The molecular weight excluding hydrogens is 453 g/mol. The van der Waals surface area contributed by atoms with E-state index in [2.05, 4.69) is 4.98 Å². The van der Waals surface area contributed by atoms with Crippen LogP contribution in [-0.2, 0) is 22.4 Å². The second-order valence-electron chi connectivity index (χ2n) is 6.92. The predicted molar refractivity (Wildman–Crippen MR) is 122 cm³/mol. The summed E-state index contributed by atoms with van der Waals surface area (Å²) in [6.45, 7) is 0. The van der Waals surface area contributed by atoms with E-state index in [4.69, 9.17) is 37.4 Å². The Labute approximate surface area is 196 Å². The molecule has 1 aromatic heterocycles. The molecule has 8 heteroatoms. The van der Waals surface area contributed by atoms with Crippen molar-refractivity contribution in [1.82, 2.24) is 4.98 Å². The summed E-state index contributed by atoms with van der Waals surface area (Å²) in [5, 5.41) is 0.746. The molecule has 166 valence electrons. The standard InChI is InChI=1S/C24H21Cl2NO5/c1-30-21-7-6-17(10-23(21)31-2)22(11-18-19(25)12-27-13-20(18)26)32-24(29)9-15-4-3-5-16(8-15)14-28/h3-8,10,12-14,22H,9,11H2,1-2H3/t22-/m0/s1. The fraction of sp³-hybridized carbons (Fsp3) is 0.208. The first-order chi connectivity index (χ1) is 15.4. The molecule has 3 aromatic rings. The van der Waals surface area contributed by atoms with Crippen molar-refractivity contribution < 1.29 is 23.8 Å². The van der Waals surface area contributed by atoms with Gasteiger partial charge in [-0.05, 0) is 34.9 Å². The molecule has 0 radical (unpaired) electrons. The van der Waals surface area contributed by atoms with Gasteiger partial charge in [0.25, 0.3) is 0 Å². The van der Waals surface area contributed by atoms with E-state index in [1.54, 1.807) is 49.6 Å². The molecule has 0 aliphatic heterocycles. The third kappa shape index (κ3) is 5.78. The normalized spacial score (nSPS) is 11.5. The number of hydrogen-bond acceptors (Lipinski definition) is 6. The van der Waals surface area contributed by atoms with Gasteiger partial charge in [-0.3, -0.25) is 14.6 Å². The van der Waals surface area contributed by atoms with Crippen molar-refractivity contribution in [2.45, 2.75) is 18.9 Å². The van der Waals surface area contributed by atoms with Crippen molar-refractivity contribution >= 4 is 35.5 Å². The van der Waals surface area contributed by atoms with Gasteiger partial charge >= 0.3 is 5.97 Å². The van der Waals surface area contributed by atoms with Gasteiger partial charge < -0.3 is 14.2 Å². The number of benzene rings is 2. The maximum absolute atomic E-state index is 12.8. The Morgan fingerprint density at radius 3 is 2.41 bits per heavy atom. The van der Waals surface area contributed by atoms with Crippen LogP contribution in [-0.4, -0.2) is 31.5 Å². The summed E-state index contributed by atoms with van der Waals surface area (Å²) in [7, 11) is 3.07. The average Bonchev–Trinajstić information content (AvgIpc) is 2.80. The minimum atomic E-state index is -0.700. The Morgan fingerprint density at radius 2 is 1.75 bits per heavy atom. The van der Waals surface area contributed by atoms with Gasteiger partial charge in [0, 0.05) is 24.4 Å². The number of rotatable bonds is 9. The molecule has 2 aromatic carbocycles. The van der Waals surface area contributed by atoms with E-state index in [1.807, 2.05) is 0 Å². The van der Waals surface area contributed by atoms with Gasteiger partial charge in [-0.1, -0.05) is 47.5 Å². The summed E-state index contributed by atoms with van der Waals surface area (Å²) in [6.07, 6.45) is 3.24. The summed E-state index contributed by atoms with van der Waals surface area (Å²) in [6, 6.07) is 12.1. The lowest BCUT2D eigenvalue weighted by Crippen LogP contribution is -2.16. The molecule has 0 aliphatic rings. The van der Waals surface area contributed by atoms with E-state index >= 15 is 0 Å². The number of halogens is 2. The van der Waals surface area contributed by atoms with Gasteiger partial charge in [-0.2, -0.15) is 0 Å². The largest absolute Gasteiger partial charge is 0.493 e. The molecular formula is C24H21Cl2NO5. The van der Waals surface area contributed by atoms with Crippen molar-refractivity contribution in [3.63, 3.8) is 0 Å². The highest BCUT2D eigenvalue weighted by molar-refractivity contribution is 6.35. The second kappa shape index (κ2) is 11.0. The number of methoxy groups -OCH3 is 2. The minimum Gasteiger partial charge on any atom is -0.493 e. The highest BCUT2D eigenvalue weighted by atomic mass is 35.5. The molecule has 0 spiro atoms. The van der Waals surface area contributed by atoms with E-state index in [-0.39, 0.29) is 12.8 Å². The van der Waals surface area contributed by atoms with Crippen LogP contribution in [0.4, 0.5) is 0 Å². The Morgan fingerprint density at radius 1 is 1.03 bits per heavy atom. The first-order valence-electron chi connectivity index (χ1n) is 9.68. The molecule has 32 heavy (non-hydrogen) atoms. The van der Waals surface area contributed by atoms with Crippen LogP contribution in [0, 0.1) is 0 Å². The molecule has 0 fully saturated rings. The number of esters is 1. The fourth-order valence-corrected chi connectivity index (χ4v) is 3.76. The zero-order chi connectivity index (χ0) is 23.1. The number of ether oxygens (including phenoxy) is 3. The second-order valence-corrected chi connectivity index (χ2v) is 7.73. The van der Waals surface area contributed by atoms with Crippen molar-refractivity contribution in [3.8, 4) is 11.5 Å². The lowest BCUT2D eigenvalue weighted by Gasteiger charge is -2.21. The number of aldehydes is 1. The highest BCUT2D eigenvalue weighted by Gasteiger charge is 2.22. The lowest BCUT2D eigenvalue weighted by molar-refractivity contribution is -0.148. The average molecular weight is 474 g/mol. The zero-order valence-corrected chi connectivity index (χ0v) is 19.0. The number of hydrogen-bond donors (Lipinski definition) is 0. The Hall–Kier alpha value is -3.09. The van der Waals surface area contributed by atoms with Gasteiger partial charge in [0.05, 0.1) is 30.7 Å². The van der Waals surface area contributed by atoms with E-state index in [0.717, 1.165) is 6.29 Å². The van der Waals surface area contributed by atoms with Crippen molar-refractivity contribution in [2.24, 2.45) is 0 Å². The first kappa shape index (κ1) is 23.6. The molecule has 0 bridgehead atoms. The van der Waals surface area contributed by atoms with Crippen LogP contribution < -0.4 is 9.47 Å². The maximum Gasteiger partial charge on any atom is 0.310 e. The molecule has 0 amide bonds. The molecule has 6 nitrogen and oxygen atoms in total. The number of aromatic nitrogens is 1. The van der Waals surface area contributed by atoms with E-state index in [1.165, 1.54) is 19.5 Å². The van der Waals surface area contributed by atoms with Gasteiger partial charge in [0.2, 0.25) is 0 Å². The first-order valence-corrected chi connectivity index (χ1v) is 10.4. The van der Waals surface area contributed by atoms with Gasteiger partial charge in [0.1, 0.15) is 12.4 Å². The Kier molecular flexibility index (Phi) is 8.09. The summed E-state index contributed by atoms with van der Waals surface area (Å²) >= 11 is 12.6. The smallest absolute Gasteiger partial charge is 0.310 e. The van der Waals surface area contributed by atoms with Crippen LogP contribution >= 0.6 is 23.2 Å². The van der Waals surface area contributed by atoms with Crippen molar-refractivity contribution in [1.29, 1.82) is 0 Å². The van der Waals surface area contributed by atoms with E-state index in [0.29, 0.717) is 43.8 Å². The number of nitrogens with zero attached hydrogens (tertiary/aromatic N) is 1. The van der Waals surface area contributed by atoms with E-state index < -0.39 is 12.1 Å². The zero-order valence-electron chi connectivity index (χ0n) is 17.5. The van der Waals surface area contributed by atoms with Crippen molar-refractivity contribution in [2.75, 3.05) is 14.2 Å². The summed E-state index contributed by atoms with van der Waals surface area (Å²) in [5.41, 5.74) is 2.45. The van der Waals surface area contributed by atoms with Gasteiger partial charge in [-0.15, -0.1) is 0 Å². The summed E-state index contributed by atoms with van der Waals surface area (Å²) < 4.78 is 16.5. The van der Waals surface area contributed by atoms with Crippen LogP contribution in [0.5, 0.6) is 11.5 Å². The van der Waals surface area contributed by atoms with Crippen LogP contribution in [0.3, 0.4) is 0 Å². The third-order valence-electron chi connectivity index (χ3n) is 4.83. The van der Waals surface area contributed by atoms with Crippen LogP contribution in [0.15, 0.2) is 54.9 Å². The minimum absolute atomic E-state index is 0.00325. The predicted octanol–water partition coefficient (Wildman–Crippen LogP) is 5.29. The molecule has 3 rings (SSSR count). The van der Waals surface area contributed by atoms with Crippen LogP contribution in [0.25, 0.3) is 0 Å². The molecule has 0 aliphatic carbocycles. The monoisotopic (exact) mass is 473 g/mol. The molecule has 0 saturated carbocycles. The fourth-order valence-electron chi connectivity index (χ4n) is 3.24. The highest BCUT2D eigenvalue weighted by Crippen LogP contribution is 2.35. The quantitative estimate of drug-likeness (QED) is 0.310. The number of pyridine rings is 1. The molecule has 0 unspecified atom stereocenters. The topological polar surface area (TPSA) is 74.7 Å². The van der Waals surface area contributed by atoms with Crippen LogP contribution in [0.2, 0.25) is 10.0 Å². The summed E-state index contributed by atoms with van der Waals surface area (Å²) in [4.78, 5) is 27.8. The van der Waals surface area contributed by atoms with E-state index in [9.17, 15) is 9.59 Å². The lowest BCUT2D eigenvalue weighted by atomic mass is 10.0. The number of carbonyl (C=O) groups excluding carboxylic acids is 2. The number of carbonyl (C=O) groups is 2. The third-order valence-corrected chi connectivity index (χ3v) is 5.48. The van der Waals surface area contributed by atoms with Gasteiger partial charge in [-0.25, -0.2) is 0 Å². The van der Waals surface area contributed by atoms with Crippen molar-refractivity contribution in [3.05, 3.63) is 87.2 Å². The maximum atomic E-state index is 12.8. The molecule has 1 heterocycles. The summed E-state index contributed by atoms with van der Waals surface area (Å²) in [5.74, 6) is 0.581. The Balaban J connectivity index is 1.91. The molecule has 0 saturated heterocycles. The molecule has 0 N–H and O–H groups in total. The van der Waals surface area contributed by atoms with Gasteiger partial charge in [0.15, 0.2) is 11.5 Å².